The molecule has 0 aliphatic heterocycles. The second kappa shape index (κ2) is 8.21. The van der Waals surface area contributed by atoms with Crippen LogP contribution in [0.4, 0.5) is 0 Å². The molecular formula is C17H29NO. The minimum atomic E-state index is 0.378. The highest BCUT2D eigenvalue weighted by Crippen LogP contribution is 2.18. The van der Waals surface area contributed by atoms with Crippen LogP contribution in [0.2, 0.25) is 0 Å². The van der Waals surface area contributed by atoms with E-state index in [1.807, 2.05) is 0 Å². The molecule has 19 heavy (non-hydrogen) atoms. The van der Waals surface area contributed by atoms with Crippen LogP contribution in [0.3, 0.4) is 0 Å². The SMILES string of the molecule is CCCCOc1ccc(CNCC(C)(C)CC)cc1. The van der Waals surface area contributed by atoms with Gasteiger partial charge in [0.05, 0.1) is 6.61 Å². The first-order valence-electron chi connectivity index (χ1n) is 7.50. The van der Waals surface area contributed by atoms with Crippen molar-refractivity contribution in [3.8, 4) is 5.75 Å². The lowest BCUT2D eigenvalue weighted by Crippen LogP contribution is -2.28. The molecule has 2 nitrogen and oxygen atoms in total. The van der Waals surface area contributed by atoms with Gasteiger partial charge >= 0.3 is 0 Å². The highest BCUT2D eigenvalue weighted by Gasteiger charge is 2.13. The van der Waals surface area contributed by atoms with Gasteiger partial charge in [0.1, 0.15) is 5.75 Å². The third-order valence-corrected chi connectivity index (χ3v) is 3.58. The van der Waals surface area contributed by atoms with Gasteiger partial charge in [-0.05, 0) is 36.0 Å². The molecule has 0 radical (unpaired) electrons. The Morgan fingerprint density at radius 2 is 1.79 bits per heavy atom. The normalized spacial score (nSPS) is 11.6. The van der Waals surface area contributed by atoms with Gasteiger partial charge in [-0.25, -0.2) is 0 Å². The lowest BCUT2D eigenvalue weighted by atomic mass is 9.90. The molecule has 1 N–H and O–H groups in total. The van der Waals surface area contributed by atoms with E-state index in [2.05, 4.69) is 57.3 Å². The molecule has 0 heterocycles. The molecule has 0 aliphatic carbocycles. The summed E-state index contributed by atoms with van der Waals surface area (Å²) in [6.45, 7) is 11.8. The van der Waals surface area contributed by atoms with Crippen LogP contribution in [-0.4, -0.2) is 13.2 Å². The zero-order valence-electron chi connectivity index (χ0n) is 13.0. The lowest BCUT2D eigenvalue weighted by Gasteiger charge is -2.23. The summed E-state index contributed by atoms with van der Waals surface area (Å²) < 4.78 is 5.66. The molecule has 0 aromatic heterocycles. The molecule has 0 spiro atoms. The second-order valence-electron chi connectivity index (χ2n) is 5.97. The molecule has 2 heteroatoms. The number of ether oxygens (including phenoxy) is 1. The third kappa shape index (κ3) is 6.63. The molecule has 0 saturated heterocycles. The van der Waals surface area contributed by atoms with E-state index in [1.165, 1.54) is 18.4 Å². The highest BCUT2D eigenvalue weighted by molar-refractivity contribution is 5.27. The number of hydrogen-bond acceptors (Lipinski definition) is 2. The van der Waals surface area contributed by atoms with Gasteiger partial charge in [-0.15, -0.1) is 0 Å². The molecule has 0 fully saturated rings. The van der Waals surface area contributed by atoms with E-state index in [1.54, 1.807) is 0 Å². The average molecular weight is 263 g/mol. The van der Waals surface area contributed by atoms with Crippen molar-refractivity contribution in [2.45, 2.75) is 53.5 Å². The number of unbranched alkanes of at least 4 members (excludes halogenated alkanes) is 1. The summed E-state index contributed by atoms with van der Waals surface area (Å²) in [5, 5.41) is 3.52. The standard InChI is InChI=1S/C17H29NO/c1-5-7-12-19-16-10-8-15(9-11-16)13-18-14-17(3,4)6-2/h8-11,18H,5-7,12-14H2,1-4H3. The van der Waals surface area contributed by atoms with Crippen LogP contribution in [-0.2, 0) is 6.54 Å². The summed E-state index contributed by atoms with van der Waals surface area (Å²) in [5.74, 6) is 0.978. The van der Waals surface area contributed by atoms with E-state index in [4.69, 9.17) is 4.74 Å². The highest BCUT2D eigenvalue weighted by atomic mass is 16.5. The first kappa shape index (κ1) is 16.0. The second-order valence-corrected chi connectivity index (χ2v) is 5.97. The summed E-state index contributed by atoms with van der Waals surface area (Å²) >= 11 is 0. The Bertz CT molecular complexity index is 343. The van der Waals surface area contributed by atoms with Crippen LogP contribution in [0, 0.1) is 5.41 Å². The van der Waals surface area contributed by atoms with Gasteiger partial charge in [-0.1, -0.05) is 46.2 Å². The van der Waals surface area contributed by atoms with Crippen LogP contribution in [0.25, 0.3) is 0 Å². The maximum Gasteiger partial charge on any atom is 0.119 e. The van der Waals surface area contributed by atoms with Gasteiger partial charge in [-0.3, -0.25) is 0 Å². The van der Waals surface area contributed by atoms with Gasteiger partial charge in [0.25, 0.3) is 0 Å². The molecule has 1 aromatic rings. The van der Waals surface area contributed by atoms with Crippen molar-refractivity contribution in [2.24, 2.45) is 5.41 Å². The van der Waals surface area contributed by atoms with Crippen molar-refractivity contribution in [1.29, 1.82) is 0 Å². The Morgan fingerprint density at radius 3 is 2.37 bits per heavy atom. The summed E-state index contributed by atoms with van der Waals surface area (Å²) in [6.07, 6.45) is 3.49. The summed E-state index contributed by atoms with van der Waals surface area (Å²) in [7, 11) is 0. The molecule has 0 aliphatic rings. The van der Waals surface area contributed by atoms with Crippen molar-refractivity contribution in [2.75, 3.05) is 13.2 Å². The van der Waals surface area contributed by atoms with E-state index in [0.717, 1.165) is 31.9 Å². The monoisotopic (exact) mass is 263 g/mol. The number of hydrogen-bond donors (Lipinski definition) is 1. The molecule has 0 unspecified atom stereocenters. The molecule has 1 aromatic carbocycles. The van der Waals surface area contributed by atoms with Crippen LogP contribution in [0.5, 0.6) is 5.75 Å². The Hall–Kier alpha value is -1.02. The van der Waals surface area contributed by atoms with E-state index in [0.29, 0.717) is 5.41 Å². The number of rotatable bonds is 9. The Labute approximate surface area is 118 Å². The minimum Gasteiger partial charge on any atom is -0.494 e. The molecular weight excluding hydrogens is 234 g/mol. The molecule has 0 saturated carbocycles. The van der Waals surface area contributed by atoms with Gasteiger partial charge in [-0.2, -0.15) is 0 Å². The Morgan fingerprint density at radius 1 is 1.11 bits per heavy atom. The average Bonchev–Trinajstić information content (AvgIpc) is 2.41. The van der Waals surface area contributed by atoms with Crippen molar-refractivity contribution < 1.29 is 4.74 Å². The van der Waals surface area contributed by atoms with Crippen LogP contribution >= 0.6 is 0 Å². The van der Waals surface area contributed by atoms with Gasteiger partial charge in [0, 0.05) is 13.1 Å². The molecule has 0 amide bonds. The lowest BCUT2D eigenvalue weighted by molar-refractivity contribution is 0.309. The first-order chi connectivity index (χ1) is 9.07. The predicted molar refractivity (Wildman–Crippen MR) is 82.6 cm³/mol. The quantitative estimate of drug-likeness (QED) is 0.667. The van der Waals surface area contributed by atoms with E-state index < -0.39 is 0 Å². The van der Waals surface area contributed by atoms with Crippen LogP contribution < -0.4 is 10.1 Å². The van der Waals surface area contributed by atoms with Crippen LogP contribution in [0.15, 0.2) is 24.3 Å². The first-order valence-corrected chi connectivity index (χ1v) is 7.50. The molecule has 108 valence electrons. The Balaban J connectivity index is 2.32. The van der Waals surface area contributed by atoms with Crippen molar-refractivity contribution in [3.63, 3.8) is 0 Å². The van der Waals surface area contributed by atoms with E-state index >= 15 is 0 Å². The maximum atomic E-state index is 5.66. The van der Waals surface area contributed by atoms with E-state index in [9.17, 15) is 0 Å². The molecule has 1 rings (SSSR count). The van der Waals surface area contributed by atoms with E-state index in [-0.39, 0.29) is 0 Å². The maximum absolute atomic E-state index is 5.66. The predicted octanol–water partition coefficient (Wildman–Crippen LogP) is 4.39. The summed E-state index contributed by atoms with van der Waals surface area (Å²) in [5.41, 5.74) is 1.69. The fourth-order valence-corrected chi connectivity index (χ4v) is 1.71. The van der Waals surface area contributed by atoms with Gasteiger partial charge in [0.15, 0.2) is 0 Å². The molecule has 0 atom stereocenters. The largest absolute Gasteiger partial charge is 0.494 e. The Kier molecular flexibility index (Phi) is 6.93. The number of benzene rings is 1. The zero-order valence-corrected chi connectivity index (χ0v) is 13.0. The zero-order chi connectivity index (χ0) is 14.1. The van der Waals surface area contributed by atoms with Gasteiger partial charge < -0.3 is 10.1 Å². The summed E-state index contributed by atoms with van der Waals surface area (Å²) in [4.78, 5) is 0. The smallest absolute Gasteiger partial charge is 0.119 e. The summed E-state index contributed by atoms with van der Waals surface area (Å²) in [6, 6.07) is 8.43. The fraction of sp³-hybridized carbons (Fsp3) is 0.647. The number of nitrogens with one attached hydrogen (secondary N) is 1. The fourth-order valence-electron chi connectivity index (χ4n) is 1.71. The van der Waals surface area contributed by atoms with Crippen molar-refractivity contribution in [3.05, 3.63) is 29.8 Å². The minimum absolute atomic E-state index is 0.378. The van der Waals surface area contributed by atoms with Crippen molar-refractivity contribution in [1.82, 2.24) is 5.32 Å². The topological polar surface area (TPSA) is 21.3 Å². The van der Waals surface area contributed by atoms with Gasteiger partial charge in [0.2, 0.25) is 0 Å². The van der Waals surface area contributed by atoms with Crippen LogP contribution in [0.1, 0.15) is 52.5 Å². The third-order valence-electron chi connectivity index (χ3n) is 3.58. The molecule has 0 bridgehead atoms. The van der Waals surface area contributed by atoms with Crippen molar-refractivity contribution >= 4 is 0 Å².